The Labute approximate surface area is 99.6 Å². The molecule has 6 nitrogen and oxygen atoms in total. The van der Waals surface area contributed by atoms with Crippen molar-refractivity contribution in [2.75, 3.05) is 36.7 Å². The fourth-order valence-electron chi connectivity index (χ4n) is 2.03. The van der Waals surface area contributed by atoms with Gasteiger partial charge in [0.2, 0.25) is 5.96 Å². The summed E-state index contributed by atoms with van der Waals surface area (Å²) >= 11 is 0. The summed E-state index contributed by atoms with van der Waals surface area (Å²) in [5.41, 5.74) is 8.01. The number of anilines is 2. The van der Waals surface area contributed by atoms with Gasteiger partial charge in [0.1, 0.15) is 0 Å². The van der Waals surface area contributed by atoms with Crippen molar-refractivity contribution in [2.45, 2.75) is 0 Å². The van der Waals surface area contributed by atoms with Crippen molar-refractivity contribution in [3.63, 3.8) is 0 Å². The Kier molecular flexibility index (Phi) is 2.58. The SMILES string of the molecule is N=C(N1CCOCC1)N1NNc2ccccc21. The zero-order chi connectivity index (χ0) is 11.7. The monoisotopic (exact) mass is 233 g/mol. The molecule has 2 aliphatic rings. The van der Waals surface area contributed by atoms with Crippen LogP contribution in [0.25, 0.3) is 0 Å². The molecule has 2 aliphatic heterocycles. The van der Waals surface area contributed by atoms with Gasteiger partial charge in [0.15, 0.2) is 0 Å². The van der Waals surface area contributed by atoms with Gasteiger partial charge in [0.05, 0.1) is 24.6 Å². The van der Waals surface area contributed by atoms with Crippen molar-refractivity contribution in [3.05, 3.63) is 24.3 Å². The zero-order valence-electron chi connectivity index (χ0n) is 9.44. The van der Waals surface area contributed by atoms with Gasteiger partial charge in [-0.3, -0.25) is 5.41 Å². The average molecular weight is 233 g/mol. The van der Waals surface area contributed by atoms with Crippen molar-refractivity contribution in [1.29, 1.82) is 5.41 Å². The van der Waals surface area contributed by atoms with Crippen molar-refractivity contribution in [3.8, 4) is 0 Å². The van der Waals surface area contributed by atoms with Gasteiger partial charge in [-0.15, -0.1) is 5.53 Å². The summed E-state index contributed by atoms with van der Waals surface area (Å²) in [5.74, 6) is 0.450. The van der Waals surface area contributed by atoms with E-state index in [1.54, 1.807) is 5.01 Å². The molecule has 1 saturated heterocycles. The van der Waals surface area contributed by atoms with E-state index in [2.05, 4.69) is 11.0 Å². The number of hydrogen-bond donors (Lipinski definition) is 3. The van der Waals surface area contributed by atoms with E-state index in [4.69, 9.17) is 10.1 Å². The summed E-state index contributed by atoms with van der Waals surface area (Å²) in [6.07, 6.45) is 0. The largest absolute Gasteiger partial charge is 0.378 e. The summed E-state index contributed by atoms with van der Waals surface area (Å²) in [4.78, 5) is 2.00. The molecule has 1 aromatic carbocycles. The molecule has 1 fully saturated rings. The first-order valence-corrected chi connectivity index (χ1v) is 5.68. The second kappa shape index (κ2) is 4.23. The Morgan fingerprint density at radius 1 is 1.24 bits per heavy atom. The number of benzene rings is 1. The van der Waals surface area contributed by atoms with E-state index >= 15 is 0 Å². The van der Waals surface area contributed by atoms with E-state index in [1.165, 1.54) is 0 Å². The Morgan fingerprint density at radius 3 is 2.82 bits per heavy atom. The second-order valence-corrected chi connectivity index (χ2v) is 4.01. The molecule has 0 spiro atoms. The fraction of sp³-hybridized carbons (Fsp3) is 0.364. The minimum absolute atomic E-state index is 0.450. The maximum atomic E-state index is 8.20. The van der Waals surface area contributed by atoms with Gasteiger partial charge in [-0.2, -0.15) is 0 Å². The number of nitrogens with one attached hydrogen (secondary N) is 3. The topological polar surface area (TPSA) is 63.6 Å². The lowest BCUT2D eigenvalue weighted by Gasteiger charge is -2.32. The third-order valence-electron chi connectivity index (χ3n) is 2.97. The number of rotatable bonds is 0. The summed E-state index contributed by atoms with van der Waals surface area (Å²) in [6, 6.07) is 7.90. The average Bonchev–Trinajstić information content (AvgIpc) is 2.83. The molecule has 3 rings (SSSR count). The summed E-state index contributed by atoms with van der Waals surface area (Å²) < 4.78 is 5.29. The molecule has 3 N–H and O–H groups in total. The fourth-order valence-corrected chi connectivity index (χ4v) is 2.03. The van der Waals surface area contributed by atoms with Crippen LogP contribution in [-0.4, -0.2) is 37.2 Å². The Morgan fingerprint density at radius 2 is 2.00 bits per heavy atom. The maximum absolute atomic E-state index is 8.20. The predicted octanol–water partition coefficient (Wildman–Crippen LogP) is 0.605. The number of hydrazine groups is 2. The normalized spacial score (nSPS) is 18.8. The van der Waals surface area contributed by atoms with Crippen LogP contribution in [0.1, 0.15) is 0 Å². The number of nitrogens with zero attached hydrogens (tertiary/aromatic N) is 2. The summed E-state index contributed by atoms with van der Waals surface area (Å²) in [7, 11) is 0. The highest BCUT2D eigenvalue weighted by molar-refractivity contribution is 5.98. The van der Waals surface area contributed by atoms with Gasteiger partial charge in [-0.1, -0.05) is 12.1 Å². The highest BCUT2D eigenvalue weighted by Gasteiger charge is 2.26. The molecule has 0 amide bonds. The number of ether oxygens (including phenoxy) is 1. The molecule has 0 saturated carbocycles. The van der Waals surface area contributed by atoms with Gasteiger partial charge >= 0.3 is 0 Å². The van der Waals surface area contributed by atoms with Gasteiger partial charge in [0, 0.05) is 13.1 Å². The minimum atomic E-state index is 0.450. The smallest absolute Gasteiger partial charge is 0.214 e. The van der Waals surface area contributed by atoms with Crippen LogP contribution in [0.2, 0.25) is 0 Å². The van der Waals surface area contributed by atoms with Gasteiger partial charge in [-0.25, -0.2) is 5.01 Å². The molecule has 0 unspecified atom stereocenters. The van der Waals surface area contributed by atoms with E-state index in [1.807, 2.05) is 29.2 Å². The van der Waals surface area contributed by atoms with Gasteiger partial charge in [-0.05, 0) is 12.1 Å². The van der Waals surface area contributed by atoms with Crippen molar-refractivity contribution in [2.24, 2.45) is 0 Å². The molecule has 0 aromatic heterocycles. The molecule has 0 atom stereocenters. The van der Waals surface area contributed by atoms with Crippen molar-refractivity contribution >= 4 is 17.3 Å². The van der Waals surface area contributed by atoms with E-state index in [0.29, 0.717) is 19.2 Å². The third-order valence-corrected chi connectivity index (χ3v) is 2.97. The van der Waals surface area contributed by atoms with Crippen LogP contribution in [0, 0.1) is 5.41 Å². The van der Waals surface area contributed by atoms with Crippen LogP contribution in [0.5, 0.6) is 0 Å². The number of hydrogen-bond acceptors (Lipinski definition) is 4. The number of para-hydroxylation sites is 2. The second-order valence-electron chi connectivity index (χ2n) is 4.01. The summed E-state index contributed by atoms with van der Waals surface area (Å²) in [6.45, 7) is 2.90. The quantitative estimate of drug-likeness (QED) is 0.452. The molecular weight excluding hydrogens is 218 g/mol. The van der Waals surface area contributed by atoms with Crippen LogP contribution >= 0.6 is 0 Å². The Hall–Kier alpha value is -1.79. The highest BCUT2D eigenvalue weighted by Crippen LogP contribution is 2.28. The van der Waals surface area contributed by atoms with Crippen molar-refractivity contribution < 1.29 is 4.74 Å². The minimum Gasteiger partial charge on any atom is -0.378 e. The first kappa shape index (κ1) is 10.4. The van der Waals surface area contributed by atoms with Gasteiger partial charge in [0.25, 0.3) is 0 Å². The van der Waals surface area contributed by atoms with Crippen LogP contribution in [-0.2, 0) is 4.74 Å². The van der Waals surface area contributed by atoms with E-state index in [0.717, 1.165) is 24.5 Å². The lowest BCUT2D eigenvalue weighted by molar-refractivity contribution is 0.0668. The van der Waals surface area contributed by atoms with Gasteiger partial charge < -0.3 is 15.1 Å². The van der Waals surface area contributed by atoms with E-state index < -0.39 is 0 Å². The molecule has 6 heteroatoms. The van der Waals surface area contributed by atoms with Crippen LogP contribution in [0.4, 0.5) is 11.4 Å². The van der Waals surface area contributed by atoms with Crippen molar-refractivity contribution in [1.82, 2.24) is 10.4 Å². The van der Waals surface area contributed by atoms with E-state index in [-0.39, 0.29) is 0 Å². The molecule has 0 radical (unpaired) electrons. The Bertz CT molecular complexity index is 430. The van der Waals surface area contributed by atoms with Crippen LogP contribution < -0.4 is 16.0 Å². The molecular formula is C11H15N5O. The highest BCUT2D eigenvalue weighted by atomic mass is 16.5. The Balaban J connectivity index is 1.79. The number of guanidine groups is 1. The third kappa shape index (κ3) is 1.81. The predicted molar refractivity (Wildman–Crippen MR) is 65.8 cm³/mol. The first-order chi connectivity index (χ1) is 8.36. The summed E-state index contributed by atoms with van der Waals surface area (Å²) in [5, 5.41) is 9.96. The lowest BCUT2D eigenvalue weighted by atomic mass is 10.3. The van der Waals surface area contributed by atoms with Crippen LogP contribution in [0.3, 0.4) is 0 Å². The van der Waals surface area contributed by atoms with Crippen LogP contribution in [0.15, 0.2) is 24.3 Å². The molecule has 90 valence electrons. The number of fused-ring (bicyclic) bond motifs is 1. The molecule has 1 aromatic rings. The zero-order valence-corrected chi connectivity index (χ0v) is 9.44. The molecule has 17 heavy (non-hydrogen) atoms. The number of morpholine rings is 1. The molecule has 2 heterocycles. The molecule has 0 bridgehead atoms. The first-order valence-electron chi connectivity index (χ1n) is 5.68. The van der Waals surface area contributed by atoms with E-state index in [9.17, 15) is 0 Å². The maximum Gasteiger partial charge on any atom is 0.214 e. The lowest BCUT2D eigenvalue weighted by Crippen LogP contribution is -2.52. The standard InChI is InChI=1S/C11H15N5O/c12-11(15-5-7-17-8-6-15)16-10-4-2-1-3-9(10)13-14-16/h1-4,12-14H,5-8H2. The molecule has 0 aliphatic carbocycles.